The Bertz CT molecular complexity index is 1400. The normalized spacial score (nSPS) is 17.7. The fourth-order valence-electron chi connectivity index (χ4n) is 4.35. The number of aromatic hydroxyl groups is 1. The molecule has 1 amide bonds. The van der Waals surface area contributed by atoms with Gasteiger partial charge in [-0.15, -0.1) is 0 Å². The van der Waals surface area contributed by atoms with Crippen LogP contribution in [0.3, 0.4) is 0 Å². The van der Waals surface area contributed by atoms with E-state index in [2.05, 4.69) is 4.98 Å². The van der Waals surface area contributed by atoms with E-state index < -0.39 is 17.7 Å². The van der Waals surface area contributed by atoms with E-state index in [9.17, 15) is 19.8 Å². The molecular weight excluding hydrogens is 418 g/mol. The van der Waals surface area contributed by atoms with Crippen LogP contribution in [0.2, 0.25) is 0 Å². The number of hydrogen-bond donors (Lipinski definition) is 2. The van der Waals surface area contributed by atoms with Crippen molar-refractivity contribution in [1.29, 1.82) is 0 Å². The number of phenols is 1. The number of fused-ring (bicyclic) bond motifs is 1. The van der Waals surface area contributed by atoms with Gasteiger partial charge >= 0.3 is 0 Å². The summed E-state index contributed by atoms with van der Waals surface area (Å²) in [6.45, 7) is 1.94. The fraction of sp³-hybridized carbons (Fsp3) is 0.115. The number of Topliss-reactive ketones (excluding diaryl/α,β-unsaturated/α-hetero) is 1. The molecule has 7 heteroatoms. The predicted octanol–water partition coefficient (Wildman–Crippen LogP) is 3.97. The zero-order chi connectivity index (χ0) is 23.1. The third-order valence-electron chi connectivity index (χ3n) is 5.87. The third-order valence-corrected chi connectivity index (χ3v) is 5.87. The first kappa shape index (κ1) is 20.5. The average Bonchev–Trinajstić information content (AvgIpc) is 3.28. The molecule has 2 N–H and O–H groups in total. The van der Waals surface area contributed by atoms with E-state index in [1.807, 2.05) is 36.4 Å². The SMILES string of the molecule is Cc1nc2ccccn2c1/C(O)=C1\C(=O)C(=O)N(Cc2ccccc2)C1c1ccc(O)cc1. The van der Waals surface area contributed by atoms with Gasteiger partial charge in [-0.2, -0.15) is 0 Å². The summed E-state index contributed by atoms with van der Waals surface area (Å²) < 4.78 is 1.70. The Labute approximate surface area is 189 Å². The van der Waals surface area contributed by atoms with E-state index in [-0.39, 0.29) is 23.6 Å². The number of carbonyl (C=O) groups is 2. The summed E-state index contributed by atoms with van der Waals surface area (Å²) in [5.74, 6) is -1.66. The van der Waals surface area contributed by atoms with E-state index in [1.54, 1.807) is 41.8 Å². The summed E-state index contributed by atoms with van der Waals surface area (Å²) in [7, 11) is 0. The minimum absolute atomic E-state index is 0.00428. The highest BCUT2D eigenvalue weighted by atomic mass is 16.3. The monoisotopic (exact) mass is 439 g/mol. The first-order valence-electron chi connectivity index (χ1n) is 10.5. The summed E-state index contributed by atoms with van der Waals surface area (Å²) in [6, 6.07) is 20.3. The molecule has 1 unspecified atom stereocenters. The Morgan fingerprint density at radius 2 is 1.67 bits per heavy atom. The molecule has 33 heavy (non-hydrogen) atoms. The van der Waals surface area contributed by atoms with Crippen molar-refractivity contribution in [2.45, 2.75) is 19.5 Å². The van der Waals surface area contributed by atoms with Crippen LogP contribution in [0.1, 0.15) is 28.6 Å². The van der Waals surface area contributed by atoms with Crippen molar-refractivity contribution in [2.75, 3.05) is 0 Å². The van der Waals surface area contributed by atoms with Crippen molar-refractivity contribution in [3.63, 3.8) is 0 Å². The Balaban J connectivity index is 1.72. The number of aromatic nitrogens is 2. The number of carbonyl (C=O) groups excluding carboxylic acids is 2. The lowest BCUT2D eigenvalue weighted by atomic mass is 9.96. The number of hydrogen-bond acceptors (Lipinski definition) is 5. The maximum atomic E-state index is 13.3. The van der Waals surface area contributed by atoms with E-state index in [0.29, 0.717) is 22.6 Å². The number of imidazole rings is 1. The number of likely N-dealkylation sites (tertiary alicyclic amines) is 1. The largest absolute Gasteiger partial charge is 0.508 e. The van der Waals surface area contributed by atoms with Gasteiger partial charge in [0, 0.05) is 12.7 Å². The standard InChI is InChI=1S/C26H21N3O4/c1-16-22(28-14-6-5-9-20(28)27-16)24(31)21-23(18-10-12-19(30)13-11-18)29(26(33)25(21)32)15-17-7-3-2-4-8-17/h2-14,23,30-31H,15H2,1H3/b24-21+. The number of ketones is 1. The van der Waals surface area contributed by atoms with Gasteiger partial charge in [-0.3, -0.25) is 14.0 Å². The lowest BCUT2D eigenvalue weighted by Gasteiger charge is -2.25. The summed E-state index contributed by atoms with van der Waals surface area (Å²) in [5, 5.41) is 21.2. The number of benzene rings is 2. The second kappa shape index (κ2) is 7.94. The minimum Gasteiger partial charge on any atom is -0.508 e. The molecule has 164 valence electrons. The molecule has 5 rings (SSSR count). The molecule has 0 aliphatic carbocycles. The highest BCUT2D eigenvalue weighted by Crippen LogP contribution is 2.41. The first-order valence-corrected chi connectivity index (χ1v) is 10.5. The lowest BCUT2D eigenvalue weighted by molar-refractivity contribution is -0.140. The topological polar surface area (TPSA) is 95.1 Å². The molecular formula is C26H21N3O4. The molecule has 1 atom stereocenters. The van der Waals surface area contributed by atoms with E-state index in [0.717, 1.165) is 5.56 Å². The second-order valence-electron chi connectivity index (χ2n) is 7.98. The molecule has 3 heterocycles. The van der Waals surface area contributed by atoms with Crippen LogP contribution in [0.4, 0.5) is 0 Å². The summed E-state index contributed by atoms with van der Waals surface area (Å²) in [6.07, 6.45) is 1.75. The van der Waals surface area contributed by atoms with Crippen LogP contribution in [-0.4, -0.2) is 36.2 Å². The second-order valence-corrected chi connectivity index (χ2v) is 7.98. The van der Waals surface area contributed by atoms with Gasteiger partial charge in [0.05, 0.1) is 17.3 Å². The highest BCUT2D eigenvalue weighted by Gasteiger charge is 2.46. The number of aliphatic hydroxyl groups is 1. The summed E-state index contributed by atoms with van der Waals surface area (Å²) >= 11 is 0. The van der Waals surface area contributed by atoms with Gasteiger partial charge in [0.15, 0.2) is 5.76 Å². The Morgan fingerprint density at radius 3 is 2.39 bits per heavy atom. The fourth-order valence-corrected chi connectivity index (χ4v) is 4.35. The molecule has 0 saturated carbocycles. The number of rotatable bonds is 4. The van der Waals surface area contributed by atoms with E-state index in [1.165, 1.54) is 17.0 Å². The predicted molar refractivity (Wildman–Crippen MR) is 122 cm³/mol. The van der Waals surface area contributed by atoms with Crippen LogP contribution in [0.5, 0.6) is 5.75 Å². The van der Waals surface area contributed by atoms with Crippen molar-refractivity contribution in [2.24, 2.45) is 0 Å². The van der Waals surface area contributed by atoms with Gasteiger partial charge in [0.1, 0.15) is 17.1 Å². The van der Waals surface area contributed by atoms with Crippen LogP contribution in [0.15, 0.2) is 84.6 Å². The molecule has 0 bridgehead atoms. The smallest absolute Gasteiger partial charge is 0.295 e. The first-order chi connectivity index (χ1) is 16.0. The quantitative estimate of drug-likeness (QED) is 0.285. The molecule has 1 saturated heterocycles. The third kappa shape index (κ3) is 3.43. The van der Waals surface area contributed by atoms with Crippen LogP contribution >= 0.6 is 0 Å². The van der Waals surface area contributed by atoms with Crippen molar-refractivity contribution in [1.82, 2.24) is 14.3 Å². The maximum Gasteiger partial charge on any atom is 0.295 e. The van der Waals surface area contributed by atoms with E-state index >= 15 is 0 Å². The number of nitrogens with zero attached hydrogens (tertiary/aromatic N) is 3. The van der Waals surface area contributed by atoms with Crippen LogP contribution in [0.25, 0.3) is 11.4 Å². The van der Waals surface area contributed by atoms with Crippen molar-refractivity contribution < 1.29 is 19.8 Å². The van der Waals surface area contributed by atoms with Crippen molar-refractivity contribution in [3.05, 3.63) is 107 Å². The van der Waals surface area contributed by atoms with Gasteiger partial charge in [0.25, 0.3) is 11.7 Å². The molecule has 1 aliphatic heterocycles. The maximum absolute atomic E-state index is 13.3. The van der Waals surface area contributed by atoms with Gasteiger partial charge in [-0.05, 0) is 42.3 Å². The van der Waals surface area contributed by atoms with Crippen molar-refractivity contribution >= 4 is 23.1 Å². The van der Waals surface area contributed by atoms with Crippen LogP contribution in [0, 0.1) is 6.92 Å². The number of aryl methyl sites for hydroxylation is 1. The zero-order valence-electron chi connectivity index (χ0n) is 17.8. The van der Waals surface area contributed by atoms with E-state index in [4.69, 9.17) is 0 Å². The van der Waals surface area contributed by atoms with Gasteiger partial charge < -0.3 is 15.1 Å². The molecule has 1 aliphatic rings. The molecule has 7 nitrogen and oxygen atoms in total. The molecule has 2 aromatic heterocycles. The van der Waals surface area contributed by atoms with Crippen molar-refractivity contribution in [3.8, 4) is 5.75 Å². The summed E-state index contributed by atoms with van der Waals surface area (Å²) in [4.78, 5) is 32.3. The van der Waals surface area contributed by atoms with Crippen LogP contribution in [-0.2, 0) is 16.1 Å². The molecule has 0 radical (unpaired) electrons. The number of pyridine rings is 1. The number of phenolic OH excluding ortho intramolecular Hbond substituents is 1. The Kier molecular flexibility index (Phi) is 4.94. The molecule has 2 aromatic carbocycles. The number of aliphatic hydroxyl groups excluding tert-OH is 1. The molecule has 4 aromatic rings. The highest BCUT2D eigenvalue weighted by molar-refractivity contribution is 6.46. The van der Waals surface area contributed by atoms with Gasteiger partial charge in [-0.1, -0.05) is 48.5 Å². The Morgan fingerprint density at radius 1 is 0.970 bits per heavy atom. The number of amides is 1. The minimum atomic E-state index is -0.820. The average molecular weight is 439 g/mol. The van der Waals surface area contributed by atoms with Gasteiger partial charge in [0.2, 0.25) is 0 Å². The summed E-state index contributed by atoms with van der Waals surface area (Å²) in [5.41, 5.74) is 2.99. The lowest BCUT2D eigenvalue weighted by Crippen LogP contribution is -2.29. The zero-order valence-corrected chi connectivity index (χ0v) is 17.8. The molecule has 1 fully saturated rings. The van der Waals surface area contributed by atoms with Crippen LogP contribution < -0.4 is 0 Å². The van der Waals surface area contributed by atoms with Gasteiger partial charge in [-0.25, -0.2) is 4.98 Å². The Hall–Kier alpha value is -4.39. The molecule has 0 spiro atoms.